The van der Waals surface area contributed by atoms with Gasteiger partial charge in [-0.2, -0.15) is 0 Å². The third-order valence-corrected chi connectivity index (χ3v) is 5.61. The normalized spacial score (nSPS) is 12.5. The summed E-state index contributed by atoms with van der Waals surface area (Å²) in [5.41, 5.74) is 4.73. The molecule has 1 amide bonds. The van der Waals surface area contributed by atoms with E-state index in [0.717, 1.165) is 16.8 Å². The highest BCUT2D eigenvalue weighted by Gasteiger charge is 2.16. The summed E-state index contributed by atoms with van der Waals surface area (Å²) in [6, 6.07) is 11.3. The first kappa shape index (κ1) is 20.1. The fourth-order valence-corrected chi connectivity index (χ4v) is 4.05. The molecule has 2 aromatic carbocycles. The highest BCUT2D eigenvalue weighted by molar-refractivity contribution is 7.14. The second kappa shape index (κ2) is 8.67. The average molecular weight is 423 g/mol. The van der Waals surface area contributed by atoms with Crippen molar-refractivity contribution in [2.24, 2.45) is 0 Å². The molecule has 6 nitrogen and oxygen atoms in total. The van der Waals surface area contributed by atoms with E-state index < -0.39 is 0 Å². The van der Waals surface area contributed by atoms with E-state index in [1.807, 2.05) is 24.4 Å². The Labute approximate surface area is 178 Å². The summed E-state index contributed by atoms with van der Waals surface area (Å²) in [6.07, 6.45) is 0.201. The molecule has 4 rings (SSSR count). The number of hydrogen-bond acceptors (Lipinski definition) is 6. The van der Waals surface area contributed by atoms with Crippen molar-refractivity contribution >= 4 is 28.2 Å². The van der Waals surface area contributed by atoms with Crippen LogP contribution in [-0.2, 0) is 4.79 Å². The van der Waals surface area contributed by atoms with Crippen LogP contribution < -0.4 is 14.8 Å². The van der Waals surface area contributed by atoms with Crippen LogP contribution >= 0.6 is 11.3 Å². The number of Topliss-reactive ketones (excluding diaryl/α,β-unsaturated/α-hetero) is 1. The zero-order chi connectivity index (χ0) is 21.1. The molecule has 0 radical (unpaired) electrons. The van der Waals surface area contributed by atoms with Gasteiger partial charge in [-0.1, -0.05) is 23.8 Å². The van der Waals surface area contributed by atoms with E-state index in [0.29, 0.717) is 35.4 Å². The number of hydrogen-bond donors (Lipinski definition) is 1. The standard InChI is InChI=1S/C23H22N2O4S/c1-14-3-5-17(15(2)11-14)18-13-30-23(24-18)25-22(27)8-6-19(26)16-4-7-20-21(12-16)29-10-9-28-20/h3-5,7,11-13H,6,8-10H2,1-2H3,(H,24,25,27). The SMILES string of the molecule is Cc1ccc(-c2csc(NC(=O)CCC(=O)c3ccc4c(c3)OCCO4)n2)c(C)c1. The quantitative estimate of drug-likeness (QED) is 0.578. The van der Waals surface area contributed by atoms with Gasteiger partial charge in [0.15, 0.2) is 22.4 Å². The molecule has 1 aliphatic rings. The van der Waals surface area contributed by atoms with Crippen LogP contribution in [0.5, 0.6) is 11.5 Å². The van der Waals surface area contributed by atoms with Gasteiger partial charge in [0.2, 0.25) is 5.91 Å². The smallest absolute Gasteiger partial charge is 0.226 e. The fourth-order valence-electron chi connectivity index (χ4n) is 3.33. The minimum Gasteiger partial charge on any atom is -0.486 e. The van der Waals surface area contributed by atoms with E-state index in [-0.39, 0.29) is 24.5 Å². The van der Waals surface area contributed by atoms with E-state index >= 15 is 0 Å². The van der Waals surface area contributed by atoms with Gasteiger partial charge >= 0.3 is 0 Å². The van der Waals surface area contributed by atoms with Crippen LogP contribution in [0.4, 0.5) is 5.13 Å². The van der Waals surface area contributed by atoms with Crippen LogP contribution in [0.3, 0.4) is 0 Å². The number of anilines is 1. The van der Waals surface area contributed by atoms with Crippen molar-refractivity contribution < 1.29 is 19.1 Å². The van der Waals surface area contributed by atoms with Crippen molar-refractivity contribution in [3.63, 3.8) is 0 Å². The first-order chi connectivity index (χ1) is 14.5. The Morgan fingerprint density at radius 1 is 1.03 bits per heavy atom. The molecular weight excluding hydrogens is 400 g/mol. The molecule has 1 N–H and O–H groups in total. The number of benzene rings is 2. The lowest BCUT2D eigenvalue weighted by atomic mass is 10.0. The van der Waals surface area contributed by atoms with Crippen molar-refractivity contribution in [3.8, 4) is 22.8 Å². The molecule has 0 spiro atoms. The Morgan fingerprint density at radius 2 is 1.83 bits per heavy atom. The topological polar surface area (TPSA) is 77.5 Å². The van der Waals surface area contributed by atoms with Gasteiger partial charge in [-0.15, -0.1) is 11.3 Å². The van der Waals surface area contributed by atoms with Crippen LogP contribution in [0.1, 0.15) is 34.3 Å². The summed E-state index contributed by atoms with van der Waals surface area (Å²) < 4.78 is 11.0. The van der Waals surface area contributed by atoms with Gasteiger partial charge in [-0.05, 0) is 37.6 Å². The second-order valence-electron chi connectivity index (χ2n) is 7.19. The summed E-state index contributed by atoms with van der Waals surface area (Å²) >= 11 is 1.37. The number of aromatic nitrogens is 1. The molecule has 3 aromatic rings. The van der Waals surface area contributed by atoms with Gasteiger partial charge in [-0.25, -0.2) is 4.98 Å². The highest BCUT2D eigenvalue weighted by Crippen LogP contribution is 2.31. The van der Waals surface area contributed by atoms with Crippen molar-refractivity contribution in [2.75, 3.05) is 18.5 Å². The number of aryl methyl sites for hydroxylation is 2. The number of ketones is 1. The van der Waals surface area contributed by atoms with E-state index in [1.54, 1.807) is 18.2 Å². The van der Waals surface area contributed by atoms with E-state index in [1.165, 1.54) is 16.9 Å². The van der Waals surface area contributed by atoms with Crippen molar-refractivity contribution in [3.05, 3.63) is 58.5 Å². The summed E-state index contributed by atoms with van der Waals surface area (Å²) in [5.74, 6) is 0.858. The number of nitrogens with zero attached hydrogens (tertiary/aromatic N) is 1. The first-order valence-electron chi connectivity index (χ1n) is 9.75. The predicted octanol–water partition coefficient (Wildman–Crippen LogP) is 4.80. The zero-order valence-corrected chi connectivity index (χ0v) is 17.7. The minimum atomic E-state index is -0.234. The lowest BCUT2D eigenvalue weighted by molar-refractivity contribution is -0.116. The van der Waals surface area contributed by atoms with Crippen molar-refractivity contribution in [1.29, 1.82) is 0 Å². The summed E-state index contributed by atoms with van der Waals surface area (Å²) in [5, 5.41) is 5.24. The van der Waals surface area contributed by atoms with Crippen LogP contribution in [0, 0.1) is 13.8 Å². The maximum absolute atomic E-state index is 12.5. The summed E-state index contributed by atoms with van der Waals surface area (Å²) in [7, 11) is 0. The van der Waals surface area contributed by atoms with Gasteiger partial charge < -0.3 is 14.8 Å². The lowest BCUT2D eigenvalue weighted by Crippen LogP contribution is -2.16. The third-order valence-electron chi connectivity index (χ3n) is 4.85. The Kier molecular flexibility index (Phi) is 5.81. The third kappa shape index (κ3) is 4.52. The molecule has 0 atom stereocenters. The summed E-state index contributed by atoms with van der Waals surface area (Å²) in [6.45, 7) is 5.06. The fraction of sp³-hybridized carbons (Fsp3) is 0.261. The Morgan fingerprint density at radius 3 is 2.63 bits per heavy atom. The Balaban J connectivity index is 1.34. The maximum Gasteiger partial charge on any atom is 0.226 e. The Bertz CT molecular complexity index is 1110. The largest absolute Gasteiger partial charge is 0.486 e. The Hall–Kier alpha value is -3.19. The molecule has 1 aliphatic heterocycles. The molecule has 0 bridgehead atoms. The number of thiazole rings is 1. The molecule has 1 aromatic heterocycles. The van der Waals surface area contributed by atoms with Crippen molar-refractivity contribution in [2.45, 2.75) is 26.7 Å². The molecule has 0 unspecified atom stereocenters. The molecule has 7 heteroatoms. The van der Waals surface area contributed by atoms with Crippen LogP contribution in [0.25, 0.3) is 11.3 Å². The molecule has 0 saturated carbocycles. The predicted molar refractivity (Wildman–Crippen MR) is 117 cm³/mol. The summed E-state index contributed by atoms with van der Waals surface area (Å²) in [4.78, 5) is 29.3. The monoisotopic (exact) mass is 422 g/mol. The molecular formula is C23H22N2O4S. The van der Waals surface area contributed by atoms with E-state index in [9.17, 15) is 9.59 Å². The maximum atomic E-state index is 12.5. The number of carbonyl (C=O) groups excluding carboxylic acids is 2. The number of nitrogens with one attached hydrogen (secondary N) is 1. The lowest BCUT2D eigenvalue weighted by Gasteiger charge is -2.18. The van der Waals surface area contributed by atoms with E-state index in [4.69, 9.17) is 9.47 Å². The number of amides is 1. The van der Waals surface area contributed by atoms with Crippen LogP contribution in [-0.4, -0.2) is 29.9 Å². The number of fused-ring (bicyclic) bond motifs is 1. The van der Waals surface area contributed by atoms with Gasteiger partial charge in [-0.3, -0.25) is 9.59 Å². The van der Waals surface area contributed by atoms with Crippen LogP contribution in [0.15, 0.2) is 41.8 Å². The van der Waals surface area contributed by atoms with Gasteiger partial charge in [0.05, 0.1) is 5.69 Å². The van der Waals surface area contributed by atoms with Gasteiger partial charge in [0.25, 0.3) is 0 Å². The van der Waals surface area contributed by atoms with E-state index in [2.05, 4.69) is 23.3 Å². The van der Waals surface area contributed by atoms with Gasteiger partial charge in [0, 0.05) is 29.3 Å². The second-order valence-corrected chi connectivity index (χ2v) is 8.04. The number of rotatable bonds is 6. The molecule has 2 heterocycles. The van der Waals surface area contributed by atoms with Gasteiger partial charge in [0.1, 0.15) is 13.2 Å². The van der Waals surface area contributed by atoms with Crippen molar-refractivity contribution in [1.82, 2.24) is 4.98 Å². The zero-order valence-electron chi connectivity index (χ0n) is 16.9. The van der Waals surface area contributed by atoms with Crippen LogP contribution in [0.2, 0.25) is 0 Å². The molecule has 0 fully saturated rings. The average Bonchev–Trinajstić information content (AvgIpc) is 3.19. The molecule has 154 valence electrons. The highest BCUT2D eigenvalue weighted by atomic mass is 32.1. The molecule has 0 saturated heterocycles. The minimum absolute atomic E-state index is 0.0890. The molecule has 0 aliphatic carbocycles. The first-order valence-corrected chi connectivity index (χ1v) is 10.6. The number of carbonyl (C=O) groups is 2. The number of ether oxygens (including phenoxy) is 2. The molecule has 30 heavy (non-hydrogen) atoms.